The molecule has 0 aromatic carbocycles. The highest BCUT2D eigenvalue weighted by molar-refractivity contribution is 5.49. The number of pyridine rings is 1. The summed E-state index contributed by atoms with van der Waals surface area (Å²) in [6.45, 7) is 3.23. The Morgan fingerprint density at radius 1 is 1.24 bits per heavy atom. The number of nitrogens with one attached hydrogen (secondary N) is 1. The maximum atomic E-state index is 13.2. The third kappa shape index (κ3) is 3.00. The summed E-state index contributed by atoms with van der Waals surface area (Å²) in [5.74, 6) is 0.0923. The first-order valence-electron chi connectivity index (χ1n) is 7.48. The molecule has 2 fully saturated rings. The second kappa shape index (κ2) is 5.48. The van der Waals surface area contributed by atoms with Gasteiger partial charge in [0.05, 0.1) is 5.56 Å². The molecule has 3 heterocycles. The molecule has 0 amide bonds. The standard InChI is InChI=1S/C15H20F3N3/c16-15(17,18)12-4-1-8-20-13(12)21-9-3-6-14(11-21)5-2-7-19-10-14/h1,4,8,19H,2-3,5-7,9-11H2. The number of hydrogen-bond acceptors (Lipinski definition) is 3. The van der Waals surface area contributed by atoms with Gasteiger partial charge < -0.3 is 10.2 Å². The second-order valence-corrected chi connectivity index (χ2v) is 6.18. The summed E-state index contributed by atoms with van der Waals surface area (Å²) in [5.41, 5.74) is -0.512. The van der Waals surface area contributed by atoms with E-state index in [1.807, 2.05) is 4.90 Å². The molecule has 3 nitrogen and oxygen atoms in total. The minimum atomic E-state index is -4.35. The van der Waals surface area contributed by atoms with E-state index in [9.17, 15) is 13.2 Å². The summed E-state index contributed by atoms with van der Waals surface area (Å²) in [6.07, 6.45) is 1.30. The van der Waals surface area contributed by atoms with Gasteiger partial charge in [0.2, 0.25) is 0 Å². The van der Waals surface area contributed by atoms with Gasteiger partial charge in [-0.3, -0.25) is 0 Å². The Labute approximate surface area is 122 Å². The van der Waals surface area contributed by atoms with Crippen molar-refractivity contribution in [1.82, 2.24) is 10.3 Å². The number of nitrogens with zero attached hydrogens (tertiary/aromatic N) is 2. The van der Waals surface area contributed by atoms with Crippen molar-refractivity contribution >= 4 is 5.82 Å². The van der Waals surface area contributed by atoms with Crippen LogP contribution in [0.4, 0.5) is 19.0 Å². The summed E-state index contributed by atoms with van der Waals surface area (Å²) in [6, 6.07) is 2.48. The van der Waals surface area contributed by atoms with Crippen LogP contribution in [0, 0.1) is 5.41 Å². The van der Waals surface area contributed by atoms with E-state index in [0.717, 1.165) is 44.8 Å². The van der Waals surface area contributed by atoms with Crippen molar-refractivity contribution in [2.24, 2.45) is 5.41 Å². The van der Waals surface area contributed by atoms with E-state index in [-0.39, 0.29) is 11.2 Å². The molecule has 116 valence electrons. The normalized spacial score (nSPS) is 27.1. The van der Waals surface area contributed by atoms with Crippen LogP contribution < -0.4 is 10.2 Å². The van der Waals surface area contributed by atoms with Gasteiger partial charge in [-0.1, -0.05) is 0 Å². The molecule has 2 aliphatic rings. The molecule has 3 rings (SSSR count). The van der Waals surface area contributed by atoms with Crippen molar-refractivity contribution in [3.05, 3.63) is 23.9 Å². The largest absolute Gasteiger partial charge is 0.419 e. The van der Waals surface area contributed by atoms with Crippen LogP contribution in [-0.2, 0) is 6.18 Å². The number of aromatic nitrogens is 1. The Kier molecular flexibility index (Phi) is 3.82. The van der Waals surface area contributed by atoms with Crippen molar-refractivity contribution in [2.75, 3.05) is 31.1 Å². The van der Waals surface area contributed by atoms with E-state index < -0.39 is 11.7 Å². The van der Waals surface area contributed by atoms with Crippen molar-refractivity contribution in [1.29, 1.82) is 0 Å². The molecule has 0 bridgehead atoms. The minimum absolute atomic E-state index is 0.0923. The monoisotopic (exact) mass is 299 g/mol. The predicted molar refractivity (Wildman–Crippen MR) is 75.2 cm³/mol. The maximum absolute atomic E-state index is 13.2. The SMILES string of the molecule is FC(F)(F)c1cccnc1N1CCCC2(CCCNC2)C1. The van der Waals surface area contributed by atoms with Gasteiger partial charge in [0.25, 0.3) is 0 Å². The van der Waals surface area contributed by atoms with E-state index in [4.69, 9.17) is 0 Å². The summed E-state index contributed by atoms with van der Waals surface area (Å²) >= 11 is 0. The third-order valence-corrected chi connectivity index (χ3v) is 4.61. The lowest BCUT2D eigenvalue weighted by Gasteiger charge is -2.46. The number of rotatable bonds is 1. The molecule has 2 saturated heterocycles. The molecule has 21 heavy (non-hydrogen) atoms. The zero-order valence-electron chi connectivity index (χ0n) is 11.9. The highest BCUT2D eigenvalue weighted by Gasteiger charge is 2.40. The Balaban J connectivity index is 1.87. The predicted octanol–water partition coefficient (Wildman–Crippen LogP) is 3.07. The number of alkyl halides is 3. The quantitative estimate of drug-likeness (QED) is 0.864. The molecule has 1 spiro atoms. The van der Waals surface area contributed by atoms with Gasteiger partial charge in [-0.15, -0.1) is 0 Å². The second-order valence-electron chi connectivity index (χ2n) is 6.18. The molecular weight excluding hydrogens is 279 g/mol. The van der Waals surface area contributed by atoms with Crippen LogP contribution in [0.15, 0.2) is 18.3 Å². The number of piperidine rings is 2. The average molecular weight is 299 g/mol. The van der Waals surface area contributed by atoms with Gasteiger partial charge in [0, 0.05) is 31.2 Å². The van der Waals surface area contributed by atoms with E-state index in [2.05, 4.69) is 10.3 Å². The van der Waals surface area contributed by atoms with E-state index in [1.165, 1.54) is 12.3 Å². The number of halogens is 3. The van der Waals surface area contributed by atoms with Gasteiger partial charge in [-0.2, -0.15) is 13.2 Å². The van der Waals surface area contributed by atoms with Crippen LogP contribution in [0.2, 0.25) is 0 Å². The Morgan fingerprint density at radius 3 is 2.76 bits per heavy atom. The van der Waals surface area contributed by atoms with E-state index in [1.54, 1.807) is 0 Å². The van der Waals surface area contributed by atoms with Gasteiger partial charge >= 0.3 is 6.18 Å². The molecule has 1 unspecified atom stereocenters. The van der Waals surface area contributed by atoms with Crippen molar-refractivity contribution in [2.45, 2.75) is 31.9 Å². The van der Waals surface area contributed by atoms with Gasteiger partial charge in [-0.05, 0) is 44.4 Å². The maximum Gasteiger partial charge on any atom is 0.419 e. The lowest BCUT2D eigenvalue weighted by molar-refractivity contribution is -0.137. The highest BCUT2D eigenvalue weighted by Crippen LogP contribution is 2.40. The first-order chi connectivity index (χ1) is 10.0. The molecule has 0 aliphatic carbocycles. The number of anilines is 1. The van der Waals surface area contributed by atoms with Crippen LogP contribution in [0.5, 0.6) is 0 Å². The molecular formula is C15H20F3N3. The zero-order chi connectivity index (χ0) is 14.9. The van der Waals surface area contributed by atoms with Gasteiger partial charge in [0.15, 0.2) is 0 Å². The van der Waals surface area contributed by atoms with Gasteiger partial charge in [0.1, 0.15) is 5.82 Å². The summed E-state index contributed by atoms with van der Waals surface area (Å²) in [4.78, 5) is 5.86. The van der Waals surface area contributed by atoms with Gasteiger partial charge in [-0.25, -0.2) is 4.98 Å². The number of hydrogen-bond donors (Lipinski definition) is 1. The van der Waals surface area contributed by atoms with E-state index >= 15 is 0 Å². The highest BCUT2D eigenvalue weighted by atomic mass is 19.4. The van der Waals surface area contributed by atoms with Crippen LogP contribution in [0.1, 0.15) is 31.2 Å². The summed E-state index contributed by atoms with van der Waals surface area (Å²) in [7, 11) is 0. The molecule has 1 aromatic rings. The molecule has 1 N–H and O–H groups in total. The fourth-order valence-electron chi connectivity index (χ4n) is 3.64. The van der Waals surface area contributed by atoms with E-state index in [0.29, 0.717) is 13.1 Å². The topological polar surface area (TPSA) is 28.2 Å². The smallest absolute Gasteiger partial charge is 0.356 e. The van der Waals surface area contributed by atoms with Crippen LogP contribution in [0.3, 0.4) is 0 Å². The Bertz CT molecular complexity index is 490. The zero-order valence-corrected chi connectivity index (χ0v) is 11.9. The van der Waals surface area contributed by atoms with Crippen molar-refractivity contribution < 1.29 is 13.2 Å². The molecule has 0 radical (unpaired) electrons. The summed E-state index contributed by atoms with van der Waals surface area (Å²) in [5, 5.41) is 3.39. The Hall–Kier alpha value is -1.30. The van der Waals surface area contributed by atoms with Crippen molar-refractivity contribution in [3.63, 3.8) is 0 Å². The molecule has 1 atom stereocenters. The molecule has 2 aliphatic heterocycles. The Morgan fingerprint density at radius 2 is 2.05 bits per heavy atom. The molecule has 0 saturated carbocycles. The lowest BCUT2D eigenvalue weighted by Crippen LogP contribution is -2.51. The van der Waals surface area contributed by atoms with Crippen LogP contribution in [-0.4, -0.2) is 31.2 Å². The first kappa shape index (κ1) is 14.6. The third-order valence-electron chi connectivity index (χ3n) is 4.61. The molecule has 6 heteroatoms. The fourth-order valence-corrected chi connectivity index (χ4v) is 3.64. The average Bonchev–Trinajstić information content (AvgIpc) is 2.47. The lowest BCUT2D eigenvalue weighted by atomic mass is 9.74. The van der Waals surface area contributed by atoms with Crippen LogP contribution in [0.25, 0.3) is 0 Å². The minimum Gasteiger partial charge on any atom is -0.356 e. The fraction of sp³-hybridized carbons (Fsp3) is 0.667. The molecule has 1 aromatic heterocycles. The summed E-state index contributed by atoms with van der Waals surface area (Å²) < 4.78 is 39.5. The first-order valence-corrected chi connectivity index (χ1v) is 7.48. The van der Waals surface area contributed by atoms with Crippen molar-refractivity contribution in [3.8, 4) is 0 Å². The van der Waals surface area contributed by atoms with Crippen LogP contribution >= 0.6 is 0 Å².